The van der Waals surface area contributed by atoms with E-state index in [0.717, 1.165) is 30.7 Å². The molecule has 1 aromatic rings. The van der Waals surface area contributed by atoms with E-state index in [0.29, 0.717) is 36.8 Å². The number of anilines is 1. The lowest BCUT2D eigenvalue weighted by molar-refractivity contribution is -0.128. The topological polar surface area (TPSA) is 96.5 Å². The predicted molar refractivity (Wildman–Crippen MR) is 145 cm³/mol. The van der Waals surface area contributed by atoms with Gasteiger partial charge in [-0.3, -0.25) is 14.4 Å². The van der Waals surface area contributed by atoms with Crippen LogP contribution in [0.15, 0.2) is 18.2 Å². The Balaban J connectivity index is 1.96. The number of ether oxygens (including phenoxy) is 1. The maximum absolute atomic E-state index is 13.0. The largest absolute Gasteiger partial charge is 0.491 e. The maximum Gasteiger partial charge on any atom is 0.247 e. The van der Waals surface area contributed by atoms with Gasteiger partial charge >= 0.3 is 0 Å². The second kappa shape index (κ2) is 16.2. The molecule has 1 aliphatic carbocycles. The van der Waals surface area contributed by atoms with Crippen LogP contribution in [0.4, 0.5) is 5.69 Å². The summed E-state index contributed by atoms with van der Waals surface area (Å²) < 4.78 is 6.11. The Kier molecular flexibility index (Phi) is 13.4. The highest BCUT2D eigenvalue weighted by Crippen LogP contribution is 2.29. The first-order valence-corrected chi connectivity index (χ1v) is 13.9. The van der Waals surface area contributed by atoms with Gasteiger partial charge < -0.3 is 20.7 Å². The van der Waals surface area contributed by atoms with Crippen molar-refractivity contribution in [3.8, 4) is 5.75 Å². The summed E-state index contributed by atoms with van der Waals surface area (Å²) in [6, 6.07) is 5.27. The van der Waals surface area contributed by atoms with Crippen LogP contribution in [0.2, 0.25) is 0 Å². The molecule has 3 N–H and O–H groups in total. The van der Waals surface area contributed by atoms with Crippen LogP contribution in [-0.2, 0) is 20.8 Å². The SMILES string of the molecule is CCC(=O)NCC(=O)NC(CC)C(=O)Nc1cc(CC(C)C)ccc1OCCCCC1CCCCC1. The number of benzene rings is 1. The highest BCUT2D eigenvalue weighted by atomic mass is 16.5. The third kappa shape index (κ3) is 11.0. The zero-order chi connectivity index (χ0) is 26.3. The number of hydrogen-bond donors (Lipinski definition) is 3. The summed E-state index contributed by atoms with van der Waals surface area (Å²) >= 11 is 0. The average Bonchev–Trinajstić information content (AvgIpc) is 2.86. The van der Waals surface area contributed by atoms with Gasteiger partial charge in [-0.1, -0.05) is 72.3 Å². The number of carbonyl (C=O) groups excluding carboxylic acids is 3. The van der Waals surface area contributed by atoms with Gasteiger partial charge in [0.25, 0.3) is 0 Å². The van der Waals surface area contributed by atoms with Gasteiger partial charge in [0, 0.05) is 6.42 Å². The number of unbranched alkanes of at least 4 members (excludes halogenated alkanes) is 1. The van der Waals surface area contributed by atoms with Crippen molar-refractivity contribution in [2.24, 2.45) is 11.8 Å². The lowest BCUT2D eigenvalue weighted by Gasteiger charge is -2.21. The van der Waals surface area contributed by atoms with E-state index in [4.69, 9.17) is 4.74 Å². The molecule has 0 aromatic heterocycles. The molecule has 36 heavy (non-hydrogen) atoms. The van der Waals surface area contributed by atoms with E-state index in [1.54, 1.807) is 6.92 Å². The van der Waals surface area contributed by atoms with Crippen LogP contribution < -0.4 is 20.7 Å². The Morgan fingerprint density at radius 3 is 2.44 bits per heavy atom. The van der Waals surface area contributed by atoms with Gasteiger partial charge in [-0.15, -0.1) is 0 Å². The van der Waals surface area contributed by atoms with Gasteiger partial charge in [-0.2, -0.15) is 0 Å². The lowest BCUT2D eigenvalue weighted by atomic mass is 9.86. The number of hydrogen-bond acceptors (Lipinski definition) is 4. The Morgan fingerprint density at radius 2 is 1.78 bits per heavy atom. The van der Waals surface area contributed by atoms with E-state index in [1.165, 1.54) is 38.5 Å². The molecule has 1 aromatic carbocycles. The quantitative estimate of drug-likeness (QED) is 0.281. The van der Waals surface area contributed by atoms with Crippen molar-refractivity contribution in [1.29, 1.82) is 0 Å². The van der Waals surface area contributed by atoms with Crippen LogP contribution in [0, 0.1) is 11.8 Å². The summed E-state index contributed by atoms with van der Waals surface area (Å²) in [6.45, 7) is 8.36. The molecule has 0 bridgehead atoms. The molecule has 7 heteroatoms. The molecule has 1 unspecified atom stereocenters. The average molecular weight is 502 g/mol. The summed E-state index contributed by atoms with van der Waals surface area (Å²) in [7, 11) is 0. The molecule has 2 rings (SSSR count). The van der Waals surface area contributed by atoms with E-state index < -0.39 is 6.04 Å². The smallest absolute Gasteiger partial charge is 0.247 e. The van der Waals surface area contributed by atoms with E-state index >= 15 is 0 Å². The maximum atomic E-state index is 13.0. The second-order valence-electron chi connectivity index (χ2n) is 10.4. The standard InChI is InChI=1S/C29H47N3O4/c1-5-24(31-28(34)20-30-27(33)6-2)29(35)32-25-19-23(18-21(3)4)15-16-26(25)36-17-11-10-14-22-12-8-7-9-13-22/h15-16,19,21-22,24H,5-14,17-18,20H2,1-4H3,(H,30,33)(H,31,34)(H,32,35). The monoisotopic (exact) mass is 501 g/mol. The molecule has 0 aliphatic heterocycles. The summed E-state index contributed by atoms with van der Waals surface area (Å²) in [4.78, 5) is 36.7. The van der Waals surface area contributed by atoms with Crippen LogP contribution >= 0.6 is 0 Å². The Hall–Kier alpha value is -2.57. The Bertz CT molecular complexity index is 834. The van der Waals surface area contributed by atoms with Crippen molar-refractivity contribution in [3.63, 3.8) is 0 Å². The van der Waals surface area contributed by atoms with Gasteiger partial charge in [0.2, 0.25) is 17.7 Å². The van der Waals surface area contributed by atoms with Crippen LogP contribution in [0.1, 0.15) is 97.5 Å². The van der Waals surface area contributed by atoms with Crippen LogP contribution in [0.25, 0.3) is 0 Å². The molecule has 1 saturated carbocycles. The van der Waals surface area contributed by atoms with Crippen LogP contribution in [-0.4, -0.2) is 36.9 Å². The fourth-order valence-corrected chi connectivity index (χ4v) is 4.71. The van der Waals surface area contributed by atoms with Gasteiger partial charge in [0.1, 0.15) is 11.8 Å². The van der Waals surface area contributed by atoms with E-state index in [1.807, 2.05) is 19.1 Å². The normalized spacial score (nSPS) is 14.8. The first-order chi connectivity index (χ1) is 17.3. The zero-order valence-corrected chi connectivity index (χ0v) is 22.8. The van der Waals surface area contributed by atoms with Gasteiger partial charge in [-0.25, -0.2) is 0 Å². The fraction of sp³-hybridized carbons (Fsp3) is 0.690. The molecule has 0 spiro atoms. The minimum absolute atomic E-state index is 0.143. The van der Waals surface area contributed by atoms with Crippen LogP contribution in [0.3, 0.4) is 0 Å². The van der Waals surface area contributed by atoms with Crippen molar-refractivity contribution in [2.75, 3.05) is 18.5 Å². The molecule has 3 amide bonds. The summed E-state index contributed by atoms with van der Waals surface area (Å²) in [5.74, 6) is 1.13. The molecule has 0 heterocycles. The highest BCUT2D eigenvalue weighted by molar-refractivity contribution is 5.98. The molecule has 1 aliphatic rings. The third-order valence-electron chi connectivity index (χ3n) is 6.76. The van der Waals surface area contributed by atoms with Crippen molar-refractivity contribution in [1.82, 2.24) is 10.6 Å². The molecule has 7 nitrogen and oxygen atoms in total. The number of nitrogens with one attached hydrogen (secondary N) is 3. The molecule has 0 radical (unpaired) electrons. The van der Waals surface area contributed by atoms with Crippen LogP contribution in [0.5, 0.6) is 5.75 Å². The van der Waals surface area contributed by atoms with Gasteiger partial charge in [0.15, 0.2) is 0 Å². The predicted octanol–water partition coefficient (Wildman–Crippen LogP) is 5.37. The fourth-order valence-electron chi connectivity index (χ4n) is 4.71. The number of carbonyl (C=O) groups is 3. The van der Waals surface area contributed by atoms with Gasteiger partial charge in [0.05, 0.1) is 18.8 Å². The minimum atomic E-state index is -0.701. The molecular weight excluding hydrogens is 454 g/mol. The molecule has 202 valence electrons. The Morgan fingerprint density at radius 1 is 1.03 bits per heavy atom. The summed E-state index contributed by atoms with van der Waals surface area (Å²) in [5.41, 5.74) is 1.77. The number of rotatable bonds is 15. The van der Waals surface area contributed by atoms with Crippen molar-refractivity contribution in [2.45, 2.75) is 104 Å². The first-order valence-electron chi connectivity index (χ1n) is 13.9. The van der Waals surface area contributed by atoms with Crippen molar-refractivity contribution >= 4 is 23.4 Å². The molecule has 1 fully saturated rings. The second-order valence-corrected chi connectivity index (χ2v) is 10.4. The van der Waals surface area contributed by atoms with E-state index in [9.17, 15) is 14.4 Å². The molecule has 0 saturated heterocycles. The molecular formula is C29H47N3O4. The van der Waals surface area contributed by atoms with E-state index in [2.05, 4.69) is 35.9 Å². The molecule has 1 atom stereocenters. The first kappa shape index (κ1) is 29.7. The minimum Gasteiger partial charge on any atom is -0.491 e. The highest BCUT2D eigenvalue weighted by Gasteiger charge is 2.21. The van der Waals surface area contributed by atoms with Crippen molar-refractivity contribution < 1.29 is 19.1 Å². The van der Waals surface area contributed by atoms with Crippen molar-refractivity contribution in [3.05, 3.63) is 23.8 Å². The van der Waals surface area contributed by atoms with Gasteiger partial charge in [-0.05, 0) is 55.2 Å². The Labute approximate surface area is 217 Å². The van der Waals surface area contributed by atoms with E-state index in [-0.39, 0.29) is 24.3 Å². The summed E-state index contributed by atoms with van der Waals surface area (Å²) in [5, 5.41) is 8.24. The lowest BCUT2D eigenvalue weighted by Crippen LogP contribution is -2.47. The summed E-state index contributed by atoms with van der Waals surface area (Å²) in [6.07, 6.45) is 11.9. The number of amides is 3. The third-order valence-corrected chi connectivity index (χ3v) is 6.76. The zero-order valence-electron chi connectivity index (χ0n) is 22.8.